The molecule has 0 aliphatic carbocycles. The monoisotopic (exact) mass is 267 g/mol. The second-order valence-corrected chi connectivity index (χ2v) is 4.33. The van der Waals surface area contributed by atoms with Crippen molar-refractivity contribution in [2.75, 3.05) is 5.32 Å². The molecule has 1 aromatic carbocycles. The molecule has 2 heterocycles. The molecule has 0 unspecified atom stereocenters. The highest BCUT2D eigenvalue weighted by atomic mass is 16.3. The smallest absolute Gasteiger partial charge is 0.228 e. The van der Waals surface area contributed by atoms with Crippen molar-refractivity contribution in [2.45, 2.75) is 13.3 Å². The minimum Gasteiger partial charge on any atom is -0.434 e. The molecule has 5 nitrogen and oxygen atoms in total. The number of carbonyl (C=O) groups is 1. The van der Waals surface area contributed by atoms with Gasteiger partial charge in [0.05, 0.1) is 0 Å². The number of benzene rings is 1. The Morgan fingerprint density at radius 3 is 3.00 bits per heavy atom. The van der Waals surface area contributed by atoms with Crippen molar-refractivity contribution in [1.82, 2.24) is 9.97 Å². The Kier molecular flexibility index (Phi) is 3.16. The lowest BCUT2D eigenvalue weighted by Crippen LogP contribution is -2.09. The zero-order valence-corrected chi connectivity index (χ0v) is 11.0. The number of nitrogens with zero attached hydrogens (tertiary/aromatic N) is 2. The number of hydrogen-bond acceptors (Lipinski definition) is 4. The van der Waals surface area contributed by atoms with Gasteiger partial charge >= 0.3 is 0 Å². The minimum absolute atomic E-state index is 0.0265. The molecular weight excluding hydrogens is 254 g/mol. The van der Waals surface area contributed by atoms with Crippen LogP contribution in [-0.4, -0.2) is 15.9 Å². The van der Waals surface area contributed by atoms with E-state index in [0.717, 1.165) is 11.3 Å². The van der Waals surface area contributed by atoms with Crippen LogP contribution in [0.25, 0.3) is 22.7 Å². The number of nitrogens with one attached hydrogen (secondary N) is 1. The van der Waals surface area contributed by atoms with Gasteiger partial charge in [-0.05, 0) is 30.3 Å². The number of fused-ring (bicyclic) bond motifs is 1. The molecule has 5 heteroatoms. The van der Waals surface area contributed by atoms with Crippen molar-refractivity contribution in [3.05, 3.63) is 42.6 Å². The maximum atomic E-state index is 11.4. The largest absolute Gasteiger partial charge is 0.434 e. The molecule has 3 aromatic rings. The molecule has 0 saturated heterocycles. The van der Waals surface area contributed by atoms with Gasteiger partial charge in [0.15, 0.2) is 11.2 Å². The van der Waals surface area contributed by atoms with Crippen molar-refractivity contribution in [2.24, 2.45) is 0 Å². The van der Waals surface area contributed by atoms with Gasteiger partial charge in [-0.15, -0.1) is 0 Å². The summed E-state index contributed by atoms with van der Waals surface area (Å²) in [6.45, 7) is 1.81. The van der Waals surface area contributed by atoms with E-state index in [1.165, 1.54) is 0 Å². The molecule has 2 aromatic heterocycles. The van der Waals surface area contributed by atoms with Crippen molar-refractivity contribution < 1.29 is 9.21 Å². The number of aromatic nitrogens is 2. The van der Waals surface area contributed by atoms with Crippen LogP contribution in [0.1, 0.15) is 13.3 Å². The summed E-state index contributed by atoms with van der Waals surface area (Å²) in [6, 6.07) is 11.0. The summed E-state index contributed by atoms with van der Waals surface area (Å²) in [7, 11) is 0. The topological polar surface area (TPSA) is 68.0 Å². The molecule has 100 valence electrons. The number of carbonyl (C=O) groups excluding carboxylic acids is 1. The Morgan fingerprint density at radius 2 is 2.20 bits per heavy atom. The molecule has 20 heavy (non-hydrogen) atoms. The second-order valence-electron chi connectivity index (χ2n) is 4.33. The highest BCUT2D eigenvalue weighted by Crippen LogP contribution is 2.25. The maximum Gasteiger partial charge on any atom is 0.228 e. The molecule has 0 saturated carbocycles. The molecule has 3 rings (SSSR count). The highest BCUT2D eigenvalue weighted by Gasteiger charge is 2.09. The van der Waals surface area contributed by atoms with Crippen LogP contribution in [-0.2, 0) is 4.79 Å². The third-order valence-electron chi connectivity index (χ3n) is 2.88. The van der Waals surface area contributed by atoms with E-state index in [2.05, 4.69) is 15.3 Å². The fourth-order valence-corrected chi connectivity index (χ4v) is 1.87. The highest BCUT2D eigenvalue weighted by molar-refractivity contribution is 5.91. The van der Waals surface area contributed by atoms with Crippen LogP contribution in [0.15, 0.2) is 47.0 Å². The van der Waals surface area contributed by atoms with E-state index in [1.807, 2.05) is 37.3 Å². The number of rotatable bonds is 3. The van der Waals surface area contributed by atoms with E-state index in [9.17, 15) is 4.79 Å². The van der Waals surface area contributed by atoms with E-state index < -0.39 is 0 Å². The maximum absolute atomic E-state index is 11.4. The summed E-state index contributed by atoms with van der Waals surface area (Å²) in [4.78, 5) is 19.9. The Morgan fingerprint density at radius 1 is 1.30 bits per heavy atom. The van der Waals surface area contributed by atoms with Gasteiger partial charge in [-0.25, -0.2) is 4.98 Å². The van der Waals surface area contributed by atoms with Crippen molar-refractivity contribution in [3.8, 4) is 11.5 Å². The summed E-state index contributed by atoms with van der Waals surface area (Å²) >= 11 is 0. The molecule has 0 bridgehead atoms. The molecule has 0 aliphatic heterocycles. The minimum atomic E-state index is -0.0265. The van der Waals surface area contributed by atoms with Crippen LogP contribution in [0, 0.1) is 0 Å². The Labute approximate surface area is 115 Å². The van der Waals surface area contributed by atoms with Gasteiger partial charge in [0.1, 0.15) is 0 Å². The third-order valence-corrected chi connectivity index (χ3v) is 2.88. The van der Waals surface area contributed by atoms with E-state index in [4.69, 9.17) is 4.42 Å². The first-order chi connectivity index (χ1) is 9.76. The predicted molar refractivity (Wildman–Crippen MR) is 76.2 cm³/mol. The molecule has 0 radical (unpaired) electrons. The first-order valence-electron chi connectivity index (χ1n) is 6.38. The number of amides is 1. The Hall–Kier alpha value is -2.69. The van der Waals surface area contributed by atoms with Gasteiger partial charge in [-0.1, -0.05) is 13.0 Å². The van der Waals surface area contributed by atoms with Crippen molar-refractivity contribution in [1.29, 1.82) is 0 Å². The molecule has 0 aliphatic rings. The normalized spacial score (nSPS) is 10.7. The molecule has 0 spiro atoms. The lowest BCUT2D eigenvalue weighted by atomic mass is 10.2. The van der Waals surface area contributed by atoms with E-state index in [1.54, 1.807) is 12.3 Å². The number of anilines is 1. The van der Waals surface area contributed by atoms with Crippen LogP contribution < -0.4 is 5.32 Å². The van der Waals surface area contributed by atoms with Crippen molar-refractivity contribution in [3.63, 3.8) is 0 Å². The lowest BCUT2D eigenvalue weighted by molar-refractivity contribution is -0.115. The number of hydrogen-bond donors (Lipinski definition) is 1. The van der Waals surface area contributed by atoms with Crippen LogP contribution in [0.4, 0.5) is 5.69 Å². The van der Waals surface area contributed by atoms with E-state index in [-0.39, 0.29) is 5.91 Å². The van der Waals surface area contributed by atoms with Gasteiger partial charge in [0, 0.05) is 23.9 Å². The summed E-state index contributed by atoms with van der Waals surface area (Å²) in [5, 5.41) is 2.81. The second kappa shape index (κ2) is 5.13. The number of oxazole rings is 1. The van der Waals surface area contributed by atoms with Crippen LogP contribution in [0.5, 0.6) is 0 Å². The summed E-state index contributed by atoms with van der Waals surface area (Å²) < 4.78 is 5.65. The fraction of sp³-hybridized carbons (Fsp3) is 0.133. The first kappa shape index (κ1) is 12.3. The summed E-state index contributed by atoms with van der Waals surface area (Å²) in [5.74, 6) is 0.465. The quantitative estimate of drug-likeness (QED) is 0.791. The van der Waals surface area contributed by atoms with Crippen LogP contribution in [0.3, 0.4) is 0 Å². The van der Waals surface area contributed by atoms with Gasteiger partial charge in [0.25, 0.3) is 0 Å². The molecule has 1 N–H and O–H groups in total. The standard InChI is InChI=1S/C15H13N3O2/c1-2-13(19)17-11-6-3-5-10(9-11)15-18-14-12(20-15)7-4-8-16-14/h3-9H,2H2,1H3,(H,17,19). The zero-order chi connectivity index (χ0) is 13.9. The fourth-order valence-electron chi connectivity index (χ4n) is 1.87. The lowest BCUT2D eigenvalue weighted by Gasteiger charge is -2.04. The molecular formula is C15H13N3O2. The summed E-state index contributed by atoms with van der Waals surface area (Å²) in [5.41, 5.74) is 2.75. The van der Waals surface area contributed by atoms with E-state index >= 15 is 0 Å². The average Bonchev–Trinajstić information content (AvgIpc) is 2.91. The Balaban J connectivity index is 1.97. The van der Waals surface area contributed by atoms with Gasteiger partial charge < -0.3 is 9.73 Å². The third kappa shape index (κ3) is 2.38. The van der Waals surface area contributed by atoms with Crippen LogP contribution >= 0.6 is 0 Å². The first-order valence-corrected chi connectivity index (χ1v) is 6.38. The predicted octanol–water partition coefficient (Wildman–Crippen LogP) is 3.24. The Bertz CT molecular complexity index is 731. The van der Waals surface area contributed by atoms with Crippen molar-refractivity contribution >= 4 is 22.8 Å². The molecule has 0 fully saturated rings. The zero-order valence-electron chi connectivity index (χ0n) is 11.0. The summed E-state index contributed by atoms with van der Waals surface area (Å²) in [6.07, 6.45) is 2.11. The van der Waals surface area contributed by atoms with E-state index in [0.29, 0.717) is 23.5 Å². The van der Waals surface area contributed by atoms with Crippen LogP contribution in [0.2, 0.25) is 0 Å². The molecule has 1 amide bonds. The SMILES string of the molecule is CCC(=O)Nc1cccc(-c2nc3ncccc3o2)c1. The van der Waals surface area contributed by atoms with Gasteiger partial charge in [0.2, 0.25) is 11.8 Å². The molecule has 0 atom stereocenters. The average molecular weight is 267 g/mol. The number of pyridine rings is 1. The van der Waals surface area contributed by atoms with Gasteiger partial charge in [-0.3, -0.25) is 4.79 Å². The van der Waals surface area contributed by atoms with Gasteiger partial charge in [-0.2, -0.15) is 4.98 Å².